The molecule has 2 aliphatic rings. The van der Waals surface area contributed by atoms with Gasteiger partial charge >= 0.3 is 0 Å². The summed E-state index contributed by atoms with van der Waals surface area (Å²) in [6.45, 7) is 2.32. The van der Waals surface area contributed by atoms with Crippen LogP contribution in [0.5, 0.6) is 0 Å². The molecule has 0 spiro atoms. The predicted molar refractivity (Wildman–Crippen MR) is 39.1 cm³/mol. The number of hydrogen-bond donors (Lipinski definition) is 0. The van der Waals surface area contributed by atoms with Crippen LogP contribution in [0, 0.1) is 11.8 Å². The lowest BCUT2D eigenvalue weighted by Gasteiger charge is -1.79. The maximum Gasteiger partial charge on any atom is -0.00947 e. The fourth-order valence-corrected chi connectivity index (χ4v) is 1.06. The van der Waals surface area contributed by atoms with Gasteiger partial charge in [0, 0.05) is 0 Å². The molecule has 0 bridgehead atoms. The summed E-state index contributed by atoms with van der Waals surface area (Å²) in [4.78, 5) is 0. The summed E-state index contributed by atoms with van der Waals surface area (Å²) in [7, 11) is 0. The van der Waals surface area contributed by atoms with Crippen LogP contribution in [0.2, 0.25) is 0 Å². The third-order valence-corrected chi connectivity index (χ3v) is 2.17. The highest BCUT2D eigenvalue weighted by molar-refractivity contribution is 5.34. The molecule has 1 saturated carbocycles. The van der Waals surface area contributed by atoms with Crippen molar-refractivity contribution in [3.8, 4) is 0 Å². The summed E-state index contributed by atoms with van der Waals surface area (Å²) in [5, 5.41) is 0. The SMILES string of the molecule is CC1CC1C=CC1=CC1. The first-order chi connectivity index (χ1) is 4.36. The van der Waals surface area contributed by atoms with Crippen LogP contribution in [0.15, 0.2) is 23.8 Å². The molecule has 0 heteroatoms. The molecule has 0 N–H and O–H groups in total. The van der Waals surface area contributed by atoms with E-state index < -0.39 is 0 Å². The molecule has 1 fully saturated rings. The largest absolute Gasteiger partial charge is 0.0809 e. The average Bonchev–Trinajstić information content (AvgIpc) is 2.60. The van der Waals surface area contributed by atoms with Gasteiger partial charge < -0.3 is 0 Å². The van der Waals surface area contributed by atoms with Crippen molar-refractivity contribution < 1.29 is 0 Å². The van der Waals surface area contributed by atoms with Crippen molar-refractivity contribution in [2.24, 2.45) is 11.8 Å². The second-order valence-electron chi connectivity index (χ2n) is 3.22. The smallest absolute Gasteiger partial charge is 0.00947 e. The highest BCUT2D eigenvalue weighted by Crippen LogP contribution is 2.39. The van der Waals surface area contributed by atoms with Crippen LogP contribution in [0.25, 0.3) is 0 Å². The van der Waals surface area contributed by atoms with Crippen molar-refractivity contribution in [1.29, 1.82) is 0 Å². The van der Waals surface area contributed by atoms with E-state index in [-0.39, 0.29) is 0 Å². The Morgan fingerprint density at radius 1 is 1.67 bits per heavy atom. The van der Waals surface area contributed by atoms with Crippen LogP contribution in [-0.2, 0) is 0 Å². The zero-order valence-corrected chi connectivity index (χ0v) is 5.80. The molecule has 2 unspecified atom stereocenters. The minimum atomic E-state index is 0.923. The van der Waals surface area contributed by atoms with E-state index in [0.717, 1.165) is 11.8 Å². The zero-order valence-electron chi connectivity index (χ0n) is 5.80. The molecule has 2 atom stereocenters. The Balaban J connectivity index is 1.82. The summed E-state index contributed by atoms with van der Waals surface area (Å²) in [5.41, 5.74) is 1.54. The van der Waals surface area contributed by atoms with E-state index in [1.54, 1.807) is 0 Å². The molecule has 2 rings (SSSR count). The second kappa shape index (κ2) is 1.73. The molecule has 2 aliphatic carbocycles. The van der Waals surface area contributed by atoms with Gasteiger partial charge in [-0.1, -0.05) is 25.2 Å². The fraction of sp³-hybridized carbons (Fsp3) is 0.556. The van der Waals surface area contributed by atoms with E-state index in [1.807, 2.05) is 0 Å². The van der Waals surface area contributed by atoms with Gasteiger partial charge in [-0.25, -0.2) is 0 Å². The topological polar surface area (TPSA) is 0 Å². The third kappa shape index (κ3) is 1.24. The van der Waals surface area contributed by atoms with Gasteiger partial charge in [0.15, 0.2) is 0 Å². The Morgan fingerprint density at radius 2 is 2.33 bits per heavy atom. The Hall–Kier alpha value is -0.520. The van der Waals surface area contributed by atoms with Crippen molar-refractivity contribution >= 4 is 0 Å². The molecule has 0 aromatic heterocycles. The number of hydrogen-bond acceptors (Lipinski definition) is 0. The van der Waals surface area contributed by atoms with Crippen molar-refractivity contribution in [1.82, 2.24) is 0 Å². The van der Waals surface area contributed by atoms with Gasteiger partial charge in [0.05, 0.1) is 0 Å². The molecule has 0 aromatic carbocycles. The Labute approximate surface area is 56.3 Å². The molecular formula is C9H12. The van der Waals surface area contributed by atoms with Crippen molar-refractivity contribution in [3.63, 3.8) is 0 Å². The first-order valence-corrected chi connectivity index (χ1v) is 3.73. The first kappa shape index (κ1) is 5.28. The monoisotopic (exact) mass is 120 g/mol. The molecule has 0 saturated heterocycles. The molecule has 0 radical (unpaired) electrons. The highest BCUT2D eigenvalue weighted by Gasteiger charge is 2.29. The van der Waals surface area contributed by atoms with E-state index in [2.05, 4.69) is 25.2 Å². The van der Waals surface area contributed by atoms with Crippen LogP contribution in [0.1, 0.15) is 19.8 Å². The summed E-state index contributed by atoms with van der Waals surface area (Å²) in [6, 6.07) is 0. The van der Waals surface area contributed by atoms with Gasteiger partial charge in [-0.2, -0.15) is 0 Å². The van der Waals surface area contributed by atoms with Gasteiger partial charge in [0.1, 0.15) is 0 Å². The molecular weight excluding hydrogens is 108 g/mol. The molecule has 0 nitrogen and oxygen atoms in total. The van der Waals surface area contributed by atoms with Crippen LogP contribution in [0.4, 0.5) is 0 Å². The molecule has 0 amide bonds. The lowest BCUT2D eigenvalue weighted by atomic mass is 10.3. The van der Waals surface area contributed by atoms with Crippen LogP contribution >= 0.6 is 0 Å². The Bertz CT molecular complexity index is 174. The van der Waals surface area contributed by atoms with Crippen molar-refractivity contribution in [2.45, 2.75) is 19.8 Å². The van der Waals surface area contributed by atoms with E-state index in [1.165, 1.54) is 18.4 Å². The normalized spacial score (nSPS) is 39.0. The lowest BCUT2D eigenvalue weighted by Crippen LogP contribution is -1.66. The number of rotatable bonds is 2. The Morgan fingerprint density at radius 3 is 2.78 bits per heavy atom. The van der Waals surface area contributed by atoms with E-state index in [4.69, 9.17) is 0 Å². The maximum atomic E-state index is 2.36. The van der Waals surface area contributed by atoms with Gasteiger partial charge in [0.25, 0.3) is 0 Å². The second-order valence-corrected chi connectivity index (χ2v) is 3.22. The molecule has 0 aromatic rings. The van der Waals surface area contributed by atoms with Gasteiger partial charge in [-0.05, 0) is 30.3 Å². The van der Waals surface area contributed by atoms with Crippen molar-refractivity contribution in [3.05, 3.63) is 23.8 Å². The fourth-order valence-electron chi connectivity index (χ4n) is 1.06. The quantitative estimate of drug-likeness (QED) is 0.525. The van der Waals surface area contributed by atoms with E-state index in [0.29, 0.717) is 0 Å². The predicted octanol–water partition coefficient (Wildman–Crippen LogP) is 2.53. The molecule has 9 heavy (non-hydrogen) atoms. The van der Waals surface area contributed by atoms with Crippen LogP contribution in [0.3, 0.4) is 0 Å². The zero-order chi connectivity index (χ0) is 6.27. The minimum absolute atomic E-state index is 0.923. The third-order valence-electron chi connectivity index (χ3n) is 2.17. The molecule has 0 heterocycles. The standard InChI is InChI=1S/C9H12/c1-7-6-9(7)5-4-8-2-3-8/h2,4-5,7,9H,3,6H2,1H3. The highest BCUT2D eigenvalue weighted by atomic mass is 14.3. The van der Waals surface area contributed by atoms with E-state index in [9.17, 15) is 0 Å². The minimum Gasteiger partial charge on any atom is -0.0809 e. The van der Waals surface area contributed by atoms with Crippen LogP contribution in [-0.4, -0.2) is 0 Å². The van der Waals surface area contributed by atoms with Gasteiger partial charge in [-0.15, -0.1) is 0 Å². The van der Waals surface area contributed by atoms with Gasteiger partial charge in [0.2, 0.25) is 0 Å². The first-order valence-electron chi connectivity index (χ1n) is 3.73. The number of allylic oxidation sites excluding steroid dienone is 4. The molecule has 0 aliphatic heterocycles. The van der Waals surface area contributed by atoms with Crippen LogP contribution < -0.4 is 0 Å². The molecule has 48 valence electrons. The lowest BCUT2D eigenvalue weighted by molar-refractivity contribution is 0.899. The average molecular weight is 120 g/mol. The summed E-state index contributed by atoms with van der Waals surface area (Å²) in [6.07, 6.45) is 9.59. The summed E-state index contributed by atoms with van der Waals surface area (Å²) in [5.74, 6) is 1.90. The summed E-state index contributed by atoms with van der Waals surface area (Å²) >= 11 is 0. The Kier molecular flexibility index (Phi) is 1.01. The summed E-state index contributed by atoms with van der Waals surface area (Å²) < 4.78 is 0. The van der Waals surface area contributed by atoms with E-state index >= 15 is 0 Å². The maximum absolute atomic E-state index is 2.36. The van der Waals surface area contributed by atoms with Crippen molar-refractivity contribution in [2.75, 3.05) is 0 Å². The van der Waals surface area contributed by atoms with Gasteiger partial charge in [-0.3, -0.25) is 0 Å².